The smallest absolute Gasteiger partial charge is 0.147 e. The minimum atomic E-state index is -2.86. The highest BCUT2D eigenvalue weighted by Gasteiger charge is 2.42. The van der Waals surface area contributed by atoms with E-state index in [4.69, 9.17) is 4.74 Å². The van der Waals surface area contributed by atoms with Gasteiger partial charge in [-0.1, -0.05) is 24.3 Å². The Morgan fingerprint density at radius 2 is 2.14 bits per heavy atom. The molecule has 1 spiro atoms. The number of hydrogen-bond donors (Lipinski definition) is 0. The summed E-state index contributed by atoms with van der Waals surface area (Å²) in [4.78, 5) is 2.36. The highest BCUT2D eigenvalue weighted by molar-refractivity contribution is 7.90. The van der Waals surface area contributed by atoms with Gasteiger partial charge in [0.15, 0.2) is 0 Å². The molecule has 0 amide bonds. The lowest BCUT2D eigenvalue weighted by molar-refractivity contribution is -0.113. The van der Waals surface area contributed by atoms with Gasteiger partial charge in [0.2, 0.25) is 0 Å². The van der Waals surface area contributed by atoms with Gasteiger partial charge in [-0.15, -0.1) is 0 Å². The number of benzene rings is 1. The largest absolute Gasteiger partial charge is 0.368 e. The van der Waals surface area contributed by atoms with E-state index in [1.807, 2.05) is 0 Å². The molecular weight excluding hydrogens is 286 g/mol. The number of rotatable bonds is 4. The van der Waals surface area contributed by atoms with E-state index in [9.17, 15) is 8.42 Å². The van der Waals surface area contributed by atoms with Crippen LogP contribution in [0.3, 0.4) is 0 Å². The topological polar surface area (TPSA) is 46.6 Å². The molecule has 1 atom stereocenters. The molecule has 0 aromatic heterocycles. The van der Waals surface area contributed by atoms with Crippen LogP contribution in [-0.4, -0.2) is 51.6 Å². The van der Waals surface area contributed by atoms with Crippen molar-refractivity contribution in [2.45, 2.75) is 24.9 Å². The molecule has 0 N–H and O–H groups in total. The van der Waals surface area contributed by atoms with Gasteiger partial charge in [0.25, 0.3) is 0 Å². The standard InChI is InChI=1S/C16H23NO3S/c1-21(18,19)12-4-9-17-10-11-20-16(13-17)8-7-14-5-2-3-6-15(14)16/h2-3,5-6H,4,7-13H2,1H3/t16-/m0/s1. The Balaban J connectivity index is 1.67. The van der Waals surface area contributed by atoms with Gasteiger partial charge in [-0.25, -0.2) is 8.42 Å². The fourth-order valence-corrected chi connectivity index (χ4v) is 4.22. The third-order valence-corrected chi connectivity index (χ3v) is 5.59. The van der Waals surface area contributed by atoms with Crippen LogP contribution in [0, 0.1) is 0 Å². The molecule has 3 rings (SSSR count). The summed E-state index contributed by atoms with van der Waals surface area (Å²) in [5.74, 6) is 0.272. The van der Waals surface area contributed by atoms with Crippen LogP contribution in [0.2, 0.25) is 0 Å². The first-order valence-electron chi connectivity index (χ1n) is 7.61. The Kier molecular flexibility index (Phi) is 4.08. The molecule has 0 radical (unpaired) electrons. The Hall–Kier alpha value is -0.910. The molecule has 0 unspecified atom stereocenters. The zero-order valence-electron chi connectivity index (χ0n) is 12.5. The van der Waals surface area contributed by atoms with Crippen LogP contribution in [0.4, 0.5) is 0 Å². The molecule has 1 saturated heterocycles. The van der Waals surface area contributed by atoms with Gasteiger partial charge < -0.3 is 4.74 Å². The highest BCUT2D eigenvalue weighted by atomic mass is 32.2. The van der Waals surface area contributed by atoms with Crippen molar-refractivity contribution in [3.05, 3.63) is 35.4 Å². The molecule has 0 bridgehead atoms. The summed E-state index contributed by atoms with van der Waals surface area (Å²) >= 11 is 0. The van der Waals surface area contributed by atoms with E-state index < -0.39 is 9.84 Å². The van der Waals surface area contributed by atoms with E-state index in [-0.39, 0.29) is 11.4 Å². The van der Waals surface area contributed by atoms with Gasteiger partial charge in [0.05, 0.1) is 12.4 Å². The van der Waals surface area contributed by atoms with Crippen LogP contribution in [0.25, 0.3) is 0 Å². The number of aryl methyl sites for hydroxylation is 1. The zero-order valence-corrected chi connectivity index (χ0v) is 13.4. The molecule has 4 nitrogen and oxygen atoms in total. The summed E-state index contributed by atoms with van der Waals surface area (Å²) in [6, 6.07) is 8.54. The van der Waals surface area contributed by atoms with E-state index in [1.165, 1.54) is 17.4 Å². The normalized spacial score (nSPS) is 26.1. The van der Waals surface area contributed by atoms with Crippen LogP contribution in [0.1, 0.15) is 24.0 Å². The minimum Gasteiger partial charge on any atom is -0.368 e. The molecule has 1 aromatic rings. The monoisotopic (exact) mass is 309 g/mol. The van der Waals surface area contributed by atoms with Crippen molar-refractivity contribution in [2.24, 2.45) is 0 Å². The number of fused-ring (bicyclic) bond motifs is 2. The van der Waals surface area contributed by atoms with Crippen molar-refractivity contribution in [3.63, 3.8) is 0 Å². The second-order valence-electron chi connectivity index (χ2n) is 6.26. The van der Waals surface area contributed by atoms with Crippen LogP contribution >= 0.6 is 0 Å². The van der Waals surface area contributed by atoms with Gasteiger partial charge in [0, 0.05) is 19.3 Å². The van der Waals surface area contributed by atoms with Gasteiger partial charge in [-0.05, 0) is 36.9 Å². The minimum absolute atomic E-state index is 0.167. The molecule has 1 heterocycles. The number of sulfone groups is 1. The van der Waals surface area contributed by atoms with Gasteiger partial charge in [-0.2, -0.15) is 0 Å². The lowest BCUT2D eigenvalue weighted by Gasteiger charge is -2.41. The maximum atomic E-state index is 11.2. The summed E-state index contributed by atoms with van der Waals surface area (Å²) in [5.41, 5.74) is 2.56. The lowest BCUT2D eigenvalue weighted by atomic mass is 9.93. The summed E-state index contributed by atoms with van der Waals surface area (Å²) in [5, 5.41) is 0. The van der Waals surface area contributed by atoms with Crippen molar-refractivity contribution in [3.8, 4) is 0 Å². The Morgan fingerprint density at radius 3 is 2.95 bits per heavy atom. The first kappa shape index (κ1) is 15.0. The summed E-state index contributed by atoms with van der Waals surface area (Å²) in [6.45, 7) is 3.34. The Labute approximate surface area is 127 Å². The fourth-order valence-electron chi connectivity index (χ4n) is 3.57. The molecule has 1 aliphatic carbocycles. The molecular formula is C16H23NO3S. The lowest BCUT2D eigenvalue weighted by Crippen LogP contribution is -2.49. The average molecular weight is 309 g/mol. The number of hydrogen-bond acceptors (Lipinski definition) is 4. The highest BCUT2D eigenvalue weighted by Crippen LogP contribution is 2.42. The third kappa shape index (κ3) is 3.30. The molecule has 116 valence electrons. The molecule has 1 aromatic carbocycles. The number of nitrogens with zero attached hydrogens (tertiary/aromatic N) is 1. The summed E-state index contributed by atoms with van der Waals surface area (Å²) in [7, 11) is -2.86. The van der Waals surface area contributed by atoms with Crippen LogP contribution < -0.4 is 0 Å². The Morgan fingerprint density at radius 1 is 1.33 bits per heavy atom. The average Bonchev–Trinajstić information content (AvgIpc) is 2.77. The van der Waals surface area contributed by atoms with E-state index >= 15 is 0 Å². The number of ether oxygens (including phenoxy) is 1. The zero-order chi connectivity index (χ0) is 14.9. The van der Waals surface area contributed by atoms with E-state index in [1.54, 1.807) is 0 Å². The van der Waals surface area contributed by atoms with Crippen molar-refractivity contribution in [1.29, 1.82) is 0 Å². The maximum absolute atomic E-state index is 11.2. The predicted octanol–water partition coefficient (Wildman–Crippen LogP) is 1.59. The second kappa shape index (κ2) is 5.71. The molecule has 5 heteroatoms. The fraction of sp³-hybridized carbons (Fsp3) is 0.625. The van der Waals surface area contributed by atoms with Crippen molar-refractivity contribution < 1.29 is 13.2 Å². The van der Waals surface area contributed by atoms with Crippen molar-refractivity contribution >= 4 is 9.84 Å². The molecule has 2 aliphatic rings. The molecule has 0 saturated carbocycles. The predicted molar refractivity (Wildman–Crippen MR) is 83.2 cm³/mol. The van der Waals surface area contributed by atoms with E-state index in [0.29, 0.717) is 6.42 Å². The second-order valence-corrected chi connectivity index (χ2v) is 8.52. The summed E-state index contributed by atoms with van der Waals surface area (Å²) in [6.07, 6.45) is 4.12. The van der Waals surface area contributed by atoms with Gasteiger partial charge in [0.1, 0.15) is 15.4 Å². The third-order valence-electron chi connectivity index (χ3n) is 4.56. The van der Waals surface area contributed by atoms with Crippen LogP contribution in [0.5, 0.6) is 0 Å². The molecule has 21 heavy (non-hydrogen) atoms. The summed E-state index contributed by atoms with van der Waals surface area (Å²) < 4.78 is 28.7. The van der Waals surface area contributed by atoms with Crippen molar-refractivity contribution in [2.75, 3.05) is 38.2 Å². The molecule has 1 aliphatic heterocycles. The number of morpholine rings is 1. The van der Waals surface area contributed by atoms with Gasteiger partial charge >= 0.3 is 0 Å². The molecule has 1 fully saturated rings. The van der Waals surface area contributed by atoms with E-state index in [0.717, 1.165) is 39.1 Å². The first-order chi connectivity index (χ1) is 9.99. The SMILES string of the molecule is CS(=O)(=O)CCCN1CCO[C@@]2(CCc3ccccc32)C1. The Bertz CT molecular complexity index is 610. The first-order valence-corrected chi connectivity index (χ1v) is 9.67. The van der Waals surface area contributed by atoms with Crippen molar-refractivity contribution in [1.82, 2.24) is 4.90 Å². The van der Waals surface area contributed by atoms with Crippen LogP contribution in [0.15, 0.2) is 24.3 Å². The van der Waals surface area contributed by atoms with E-state index in [2.05, 4.69) is 29.2 Å². The van der Waals surface area contributed by atoms with Crippen LogP contribution in [-0.2, 0) is 26.6 Å². The van der Waals surface area contributed by atoms with Gasteiger partial charge in [-0.3, -0.25) is 4.90 Å². The maximum Gasteiger partial charge on any atom is 0.147 e. The quantitative estimate of drug-likeness (QED) is 0.847.